The van der Waals surface area contributed by atoms with E-state index < -0.39 is 0 Å². The summed E-state index contributed by atoms with van der Waals surface area (Å²) in [5.41, 5.74) is 1.57. The molecule has 1 heterocycles. The molecule has 0 aliphatic rings. The average Bonchev–Trinajstić information content (AvgIpc) is 2.38. The first-order valence-corrected chi connectivity index (χ1v) is 6.54. The number of benzene rings is 1. The highest BCUT2D eigenvalue weighted by Gasteiger charge is 2.09. The number of hydrogen-bond acceptors (Lipinski definition) is 2. The molecular weight excluding hydrogens is 280 g/mol. The number of carbonyl (C=O) groups excluding carboxylic acids is 1. The Hall–Kier alpha value is -1.42. The van der Waals surface area contributed by atoms with Crippen LogP contribution in [0.15, 0.2) is 36.5 Å². The van der Waals surface area contributed by atoms with Crippen molar-refractivity contribution in [1.82, 2.24) is 10.3 Å². The van der Waals surface area contributed by atoms with Crippen LogP contribution in [0, 0.1) is 0 Å². The van der Waals surface area contributed by atoms with E-state index >= 15 is 0 Å². The van der Waals surface area contributed by atoms with E-state index in [1.54, 1.807) is 12.3 Å². The molecule has 0 fully saturated rings. The van der Waals surface area contributed by atoms with Gasteiger partial charge in [-0.25, -0.2) is 0 Å². The second-order valence-corrected chi connectivity index (χ2v) is 4.59. The zero-order valence-corrected chi connectivity index (χ0v) is 11.1. The van der Waals surface area contributed by atoms with Gasteiger partial charge in [-0.2, -0.15) is 0 Å². The molecule has 1 N–H and O–H groups in total. The maximum Gasteiger partial charge on any atom is 0.251 e. The lowest BCUT2D eigenvalue weighted by molar-refractivity contribution is 0.0944. The van der Waals surface area contributed by atoms with Crippen LogP contribution < -0.4 is 5.32 Å². The SMILES string of the molecule is CC(CBr)NC(=O)c1ccc2ncccc2c1. The Morgan fingerprint density at radius 2 is 2.29 bits per heavy atom. The minimum absolute atomic E-state index is 0.0531. The molecular formula is C13H13BrN2O. The Kier molecular flexibility index (Phi) is 3.74. The molecule has 0 saturated heterocycles. The number of halogens is 1. The summed E-state index contributed by atoms with van der Waals surface area (Å²) in [7, 11) is 0. The number of aromatic nitrogens is 1. The summed E-state index contributed by atoms with van der Waals surface area (Å²) in [6, 6.07) is 9.46. The first-order valence-electron chi connectivity index (χ1n) is 5.42. The third kappa shape index (κ3) is 2.82. The highest BCUT2D eigenvalue weighted by molar-refractivity contribution is 9.09. The van der Waals surface area contributed by atoms with Crippen molar-refractivity contribution in [3.63, 3.8) is 0 Å². The van der Waals surface area contributed by atoms with Crippen LogP contribution in [0.3, 0.4) is 0 Å². The molecule has 88 valence electrons. The molecule has 1 aromatic heterocycles. The summed E-state index contributed by atoms with van der Waals surface area (Å²) in [4.78, 5) is 16.1. The van der Waals surface area contributed by atoms with Crippen LogP contribution in [0.4, 0.5) is 0 Å². The van der Waals surface area contributed by atoms with Crippen molar-refractivity contribution in [2.24, 2.45) is 0 Å². The lowest BCUT2D eigenvalue weighted by Gasteiger charge is -2.10. The third-order valence-corrected chi connectivity index (χ3v) is 3.45. The second-order valence-electron chi connectivity index (χ2n) is 3.94. The molecule has 0 saturated carbocycles. The average molecular weight is 293 g/mol. The quantitative estimate of drug-likeness (QED) is 0.884. The maximum absolute atomic E-state index is 11.9. The number of nitrogens with one attached hydrogen (secondary N) is 1. The van der Waals surface area contributed by atoms with Gasteiger partial charge in [-0.1, -0.05) is 22.0 Å². The summed E-state index contributed by atoms with van der Waals surface area (Å²) < 4.78 is 0. The van der Waals surface area contributed by atoms with Crippen molar-refractivity contribution in [2.75, 3.05) is 5.33 Å². The van der Waals surface area contributed by atoms with E-state index in [0.717, 1.165) is 16.2 Å². The summed E-state index contributed by atoms with van der Waals surface area (Å²) in [5.74, 6) is -0.0531. The molecule has 1 amide bonds. The molecule has 1 unspecified atom stereocenters. The molecule has 0 aliphatic heterocycles. The normalized spacial score (nSPS) is 12.4. The number of alkyl halides is 1. The van der Waals surface area contributed by atoms with Gasteiger partial charge in [0.05, 0.1) is 5.52 Å². The molecule has 1 aromatic carbocycles. The topological polar surface area (TPSA) is 42.0 Å². The van der Waals surface area contributed by atoms with E-state index in [9.17, 15) is 4.79 Å². The molecule has 0 spiro atoms. The number of fused-ring (bicyclic) bond motifs is 1. The number of hydrogen-bond donors (Lipinski definition) is 1. The molecule has 4 heteroatoms. The van der Waals surface area contributed by atoms with Crippen molar-refractivity contribution in [3.05, 3.63) is 42.1 Å². The Labute approximate surface area is 108 Å². The number of rotatable bonds is 3. The first kappa shape index (κ1) is 12.0. The fraction of sp³-hybridized carbons (Fsp3) is 0.231. The highest BCUT2D eigenvalue weighted by Crippen LogP contribution is 2.13. The van der Waals surface area contributed by atoms with Crippen LogP contribution in [0.25, 0.3) is 10.9 Å². The Bertz CT molecular complexity index is 542. The smallest absolute Gasteiger partial charge is 0.251 e. The molecule has 2 aromatic rings. The van der Waals surface area contributed by atoms with E-state index in [1.807, 2.05) is 31.2 Å². The maximum atomic E-state index is 11.9. The van der Waals surface area contributed by atoms with Gasteiger partial charge in [-0.15, -0.1) is 0 Å². The second kappa shape index (κ2) is 5.27. The van der Waals surface area contributed by atoms with Crippen LogP contribution >= 0.6 is 15.9 Å². The summed E-state index contributed by atoms with van der Waals surface area (Å²) in [6.45, 7) is 1.95. The van der Waals surface area contributed by atoms with E-state index in [-0.39, 0.29) is 11.9 Å². The van der Waals surface area contributed by atoms with Crippen molar-refractivity contribution in [2.45, 2.75) is 13.0 Å². The van der Waals surface area contributed by atoms with Gasteiger partial charge >= 0.3 is 0 Å². The lowest BCUT2D eigenvalue weighted by Crippen LogP contribution is -2.33. The van der Waals surface area contributed by atoms with Crippen LogP contribution in [-0.2, 0) is 0 Å². The van der Waals surface area contributed by atoms with Gasteiger partial charge < -0.3 is 5.32 Å². The van der Waals surface area contributed by atoms with Gasteiger partial charge in [0.1, 0.15) is 0 Å². The first-order chi connectivity index (χ1) is 8.20. The molecule has 0 aliphatic carbocycles. The number of carbonyl (C=O) groups is 1. The third-order valence-electron chi connectivity index (χ3n) is 2.47. The van der Waals surface area contributed by atoms with E-state index in [4.69, 9.17) is 0 Å². The van der Waals surface area contributed by atoms with Gasteiger partial charge in [-0.3, -0.25) is 9.78 Å². The van der Waals surface area contributed by atoms with Crippen molar-refractivity contribution in [3.8, 4) is 0 Å². The minimum Gasteiger partial charge on any atom is -0.349 e. The molecule has 2 rings (SSSR count). The van der Waals surface area contributed by atoms with Gasteiger partial charge in [-0.05, 0) is 31.2 Å². The molecule has 0 bridgehead atoms. The summed E-state index contributed by atoms with van der Waals surface area (Å²) in [5, 5.41) is 4.63. The lowest BCUT2D eigenvalue weighted by atomic mass is 10.1. The zero-order chi connectivity index (χ0) is 12.3. The zero-order valence-electron chi connectivity index (χ0n) is 9.48. The molecule has 0 radical (unpaired) electrons. The molecule has 1 atom stereocenters. The Morgan fingerprint density at radius 1 is 1.47 bits per heavy atom. The predicted molar refractivity (Wildman–Crippen MR) is 72.5 cm³/mol. The summed E-state index contributed by atoms with van der Waals surface area (Å²) >= 11 is 3.33. The van der Waals surface area contributed by atoms with Gasteiger partial charge in [0, 0.05) is 28.5 Å². The minimum atomic E-state index is -0.0531. The monoisotopic (exact) mass is 292 g/mol. The molecule has 17 heavy (non-hydrogen) atoms. The number of amides is 1. The van der Waals surface area contributed by atoms with Crippen molar-refractivity contribution >= 4 is 32.7 Å². The largest absolute Gasteiger partial charge is 0.349 e. The molecule has 3 nitrogen and oxygen atoms in total. The van der Waals surface area contributed by atoms with Crippen LogP contribution in [0.5, 0.6) is 0 Å². The van der Waals surface area contributed by atoms with Gasteiger partial charge in [0.25, 0.3) is 5.91 Å². The standard InChI is InChI=1S/C13H13BrN2O/c1-9(8-14)16-13(17)11-4-5-12-10(7-11)3-2-6-15-12/h2-7,9H,8H2,1H3,(H,16,17). The summed E-state index contributed by atoms with van der Waals surface area (Å²) in [6.07, 6.45) is 1.75. The van der Waals surface area contributed by atoms with Crippen LogP contribution in [-0.4, -0.2) is 22.3 Å². The Morgan fingerprint density at radius 3 is 3.06 bits per heavy atom. The van der Waals surface area contributed by atoms with Crippen LogP contribution in [0.1, 0.15) is 17.3 Å². The highest BCUT2D eigenvalue weighted by atomic mass is 79.9. The predicted octanol–water partition coefficient (Wildman–Crippen LogP) is 2.75. The number of nitrogens with zero attached hydrogens (tertiary/aromatic N) is 1. The van der Waals surface area contributed by atoms with Gasteiger partial charge in [0.15, 0.2) is 0 Å². The van der Waals surface area contributed by atoms with Crippen LogP contribution in [0.2, 0.25) is 0 Å². The number of pyridine rings is 1. The van der Waals surface area contributed by atoms with Crippen molar-refractivity contribution < 1.29 is 4.79 Å². The van der Waals surface area contributed by atoms with E-state index in [2.05, 4.69) is 26.2 Å². The van der Waals surface area contributed by atoms with E-state index in [0.29, 0.717) is 5.56 Å². The fourth-order valence-corrected chi connectivity index (χ4v) is 1.72. The van der Waals surface area contributed by atoms with Crippen molar-refractivity contribution in [1.29, 1.82) is 0 Å². The fourth-order valence-electron chi connectivity index (χ4n) is 1.56. The van der Waals surface area contributed by atoms with E-state index in [1.165, 1.54) is 0 Å². The van der Waals surface area contributed by atoms with Gasteiger partial charge in [0.2, 0.25) is 0 Å². The Balaban J connectivity index is 2.27.